The zero-order valence-corrected chi connectivity index (χ0v) is 16.5. The Morgan fingerprint density at radius 2 is 1.85 bits per heavy atom. The molecule has 0 saturated carbocycles. The van der Waals surface area contributed by atoms with E-state index in [1.807, 2.05) is 43.3 Å². The number of quaternary nitrogens is 1. The molecule has 5 nitrogen and oxygen atoms in total. The number of benzene rings is 2. The number of halogens is 1. The smallest absolute Gasteiger partial charge is 0.275 e. The number of hydrogen-bond donors (Lipinski definition) is 3. The second-order valence-corrected chi connectivity index (χ2v) is 7.60. The van der Waals surface area contributed by atoms with Crippen molar-refractivity contribution in [2.24, 2.45) is 0 Å². The van der Waals surface area contributed by atoms with Crippen molar-refractivity contribution in [1.82, 2.24) is 5.32 Å². The number of rotatable bonds is 5. The highest BCUT2D eigenvalue weighted by molar-refractivity contribution is 9.10. The molecule has 3 rings (SSSR count). The summed E-state index contributed by atoms with van der Waals surface area (Å²) in [5.41, 5.74) is 2.21. The molecule has 0 bridgehead atoms. The van der Waals surface area contributed by atoms with Gasteiger partial charge in [-0.3, -0.25) is 4.79 Å². The predicted octanol–water partition coefficient (Wildman–Crippen LogP) is 1.74. The fourth-order valence-corrected chi connectivity index (χ4v) is 3.97. The number of nitrogens with zero attached hydrogens (tertiary/aromatic N) is 1. The molecule has 0 radical (unpaired) electrons. The maximum Gasteiger partial charge on any atom is 0.275 e. The van der Waals surface area contributed by atoms with Crippen LogP contribution in [0.15, 0.2) is 53.0 Å². The number of phenols is 1. The van der Waals surface area contributed by atoms with Gasteiger partial charge in [0.15, 0.2) is 6.54 Å². The third kappa shape index (κ3) is 4.77. The van der Waals surface area contributed by atoms with Crippen LogP contribution in [0.5, 0.6) is 5.75 Å². The minimum absolute atomic E-state index is 0.0178. The minimum Gasteiger partial charge on any atom is -0.508 e. The highest BCUT2D eigenvalue weighted by Gasteiger charge is 2.23. The zero-order valence-electron chi connectivity index (χ0n) is 14.9. The Bertz CT molecular complexity index is 743. The van der Waals surface area contributed by atoms with Gasteiger partial charge in [0.25, 0.3) is 5.91 Å². The van der Waals surface area contributed by atoms with E-state index >= 15 is 0 Å². The van der Waals surface area contributed by atoms with Gasteiger partial charge in [0, 0.05) is 10.2 Å². The summed E-state index contributed by atoms with van der Waals surface area (Å²) in [7, 11) is 0. The first-order chi connectivity index (χ1) is 12.5. The summed E-state index contributed by atoms with van der Waals surface area (Å²) in [5.74, 6) is 0.371. The van der Waals surface area contributed by atoms with Crippen LogP contribution in [0, 0.1) is 0 Å². The highest BCUT2D eigenvalue weighted by Crippen LogP contribution is 2.22. The van der Waals surface area contributed by atoms with Crippen LogP contribution >= 0.6 is 15.9 Å². The summed E-state index contributed by atoms with van der Waals surface area (Å²) < 4.78 is 1.02. The third-order valence-corrected chi connectivity index (χ3v) is 5.57. The van der Waals surface area contributed by atoms with Crippen molar-refractivity contribution >= 4 is 27.5 Å². The van der Waals surface area contributed by atoms with Crippen LogP contribution in [0.1, 0.15) is 18.5 Å². The number of anilines is 1. The van der Waals surface area contributed by atoms with Gasteiger partial charge in [-0.05, 0) is 42.8 Å². The van der Waals surface area contributed by atoms with E-state index in [2.05, 4.69) is 26.1 Å². The van der Waals surface area contributed by atoms with Crippen molar-refractivity contribution in [2.45, 2.75) is 13.0 Å². The normalized spacial score (nSPS) is 16.3. The number of nitrogens with one attached hydrogen (secondary N) is 2. The topological polar surface area (TPSA) is 57.0 Å². The maximum absolute atomic E-state index is 12.4. The molecule has 1 atom stereocenters. The molecule has 1 heterocycles. The lowest BCUT2D eigenvalue weighted by Gasteiger charge is -2.33. The lowest BCUT2D eigenvalue weighted by atomic mass is 10.1. The van der Waals surface area contributed by atoms with Crippen molar-refractivity contribution in [3.05, 3.63) is 58.6 Å². The Labute approximate surface area is 162 Å². The van der Waals surface area contributed by atoms with E-state index in [1.165, 1.54) is 4.90 Å². The van der Waals surface area contributed by atoms with Gasteiger partial charge in [-0.25, -0.2) is 0 Å². The largest absolute Gasteiger partial charge is 0.508 e. The van der Waals surface area contributed by atoms with Crippen LogP contribution in [0.2, 0.25) is 0 Å². The van der Waals surface area contributed by atoms with Crippen molar-refractivity contribution in [3.8, 4) is 5.75 Å². The first-order valence-electron chi connectivity index (χ1n) is 8.94. The maximum atomic E-state index is 12.4. The molecule has 0 aliphatic carbocycles. The first kappa shape index (κ1) is 18.7. The van der Waals surface area contributed by atoms with Crippen molar-refractivity contribution in [1.29, 1.82) is 0 Å². The molecule has 1 saturated heterocycles. The van der Waals surface area contributed by atoms with Gasteiger partial charge in [0.05, 0.1) is 32.2 Å². The van der Waals surface area contributed by atoms with Gasteiger partial charge in [-0.2, -0.15) is 0 Å². The second kappa shape index (κ2) is 8.56. The molecular formula is C20H25BrN3O2+. The summed E-state index contributed by atoms with van der Waals surface area (Å²) >= 11 is 3.54. The van der Waals surface area contributed by atoms with Crippen LogP contribution in [0.3, 0.4) is 0 Å². The van der Waals surface area contributed by atoms with Crippen LogP contribution in [0.4, 0.5) is 5.69 Å². The monoisotopic (exact) mass is 418 g/mol. The van der Waals surface area contributed by atoms with E-state index in [-0.39, 0.29) is 17.7 Å². The fraction of sp³-hybridized carbons (Fsp3) is 0.350. The highest BCUT2D eigenvalue weighted by atomic mass is 79.9. The summed E-state index contributed by atoms with van der Waals surface area (Å²) in [4.78, 5) is 16.0. The molecular weight excluding hydrogens is 394 g/mol. The quantitative estimate of drug-likeness (QED) is 0.692. The lowest BCUT2D eigenvalue weighted by molar-refractivity contribution is -0.892. The molecule has 2 aromatic rings. The lowest BCUT2D eigenvalue weighted by Crippen LogP contribution is -3.15. The van der Waals surface area contributed by atoms with Crippen LogP contribution in [0.25, 0.3) is 0 Å². The Hall–Kier alpha value is -2.05. The van der Waals surface area contributed by atoms with Gasteiger partial charge in [0.1, 0.15) is 5.75 Å². The molecule has 6 heteroatoms. The Balaban J connectivity index is 1.47. The van der Waals surface area contributed by atoms with Crippen LogP contribution in [-0.4, -0.2) is 43.7 Å². The molecule has 138 valence electrons. The van der Waals surface area contributed by atoms with E-state index in [4.69, 9.17) is 0 Å². The first-order valence-corrected chi connectivity index (χ1v) is 9.73. The van der Waals surface area contributed by atoms with E-state index in [0.717, 1.165) is 41.9 Å². The second-order valence-electron chi connectivity index (χ2n) is 6.74. The Kier molecular flexibility index (Phi) is 6.16. The average molecular weight is 419 g/mol. The Morgan fingerprint density at radius 3 is 2.50 bits per heavy atom. The standard InChI is InChI=1S/C20H24BrN3O2/c1-15(18-4-2-3-5-19(18)21)22-20(26)14-23-10-12-24(13-11-23)16-6-8-17(25)9-7-16/h2-9,15,25H,10-14H2,1H3,(H,22,26)/p+1/t15-/m1/s1. The summed E-state index contributed by atoms with van der Waals surface area (Å²) in [6, 6.07) is 15.3. The van der Waals surface area contributed by atoms with Crippen molar-refractivity contribution in [3.63, 3.8) is 0 Å². The van der Waals surface area contributed by atoms with Gasteiger partial charge in [-0.1, -0.05) is 34.1 Å². The molecule has 0 aromatic heterocycles. The number of hydrogen-bond acceptors (Lipinski definition) is 3. The predicted molar refractivity (Wildman–Crippen MR) is 107 cm³/mol. The molecule has 1 amide bonds. The molecule has 0 unspecified atom stereocenters. The van der Waals surface area contributed by atoms with Crippen LogP contribution in [-0.2, 0) is 4.79 Å². The SMILES string of the molecule is C[C@@H](NC(=O)C[NH+]1CCN(c2ccc(O)cc2)CC1)c1ccccc1Br. The van der Waals surface area contributed by atoms with E-state index in [9.17, 15) is 9.90 Å². The zero-order chi connectivity index (χ0) is 18.5. The molecule has 2 aromatic carbocycles. The molecule has 26 heavy (non-hydrogen) atoms. The number of carbonyl (C=O) groups excluding carboxylic acids is 1. The average Bonchev–Trinajstić information content (AvgIpc) is 2.63. The van der Waals surface area contributed by atoms with Crippen molar-refractivity contribution in [2.75, 3.05) is 37.6 Å². The minimum atomic E-state index is -0.0178. The molecule has 3 N–H and O–H groups in total. The van der Waals surface area contributed by atoms with Gasteiger partial charge < -0.3 is 20.2 Å². The van der Waals surface area contributed by atoms with E-state index in [0.29, 0.717) is 6.54 Å². The summed E-state index contributed by atoms with van der Waals surface area (Å²) in [6.45, 7) is 6.18. The summed E-state index contributed by atoms with van der Waals surface area (Å²) in [5, 5.41) is 12.5. The van der Waals surface area contributed by atoms with Gasteiger partial charge in [-0.15, -0.1) is 0 Å². The molecule has 0 spiro atoms. The summed E-state index contributed by atoms with van der Waals surface area (Å²) in [6.07, 6.45) is 0. The number of aromatic hydroxyl groups is 1. The van der Waals surface area contributed by atoms with Gasteiger partial charge >= 0.3 is 0 Å². The fourth-order valence-electron chi connectivity index (χ4n) is 3.34. The molecule has 1 aliphatic rings. The number of piperazine rings is 1. The third-order valence-electron chi connectivity index (χ3n) is 4.85. The van der Waals surface area contributed by atoms with Crippen LogP contribution < -0.4 is 15.1 Å². The number of amides is 1. The molecule has 1 aliphatic heterocycles. The van der Waals surface area contributed by atoms with E-state index in [1.54, 1.807) is 12.1 Å². The number of phenolic OH excluding ortho intramolecular Hbond substituents is 1. The van der Waals surface area contributed by atoms with Gasteiger partial charge in [0.2, 0.25) is 0 Å². The Morgan fingerprint density at radius 1 is 1.19 bits per heavy atom. The number of carbonyl (C=O) groups is 1. The molecule has 1 fully saturated rings. The van der Waals surface area contributed by atoms with E-state index < -0.39 is 0 Å². The van der Waals surface area contributed by atoms with Crippen molar-refractivity contribution < 1.29 is 14.8 Å².